The van der Waals surface area contributed by atoms with Crippen LogP contribution >= 0.6 is 0 Å². The van der Waals surface area contributed by atoms with Crippen molar-refractivity contribution in [2.24, 2.45) is 0 Å². The number of carbonyl (C=O) groups excluding carboxylic acids is 1. The van der Waals surface area contributed by atoms with E-state index >= 15 is 0 Å². The Morgan fingerprint density at radius 3 is 2.64 bits per heavy atom. The first-order valence-corrected chi connectivity index (χ1v) is 9.34. The number of hydrogen-bond acceptors (Lipinski definition) is 6. The van der Waals surface area contributed by atoms with Gasteiger partial charge in [-0.05, 0) is 61.9 Å². The summed E-state index contributed by atoms with van der Waals surface area (Å²) in [5, 5.41) is 11.2. The van der Waals surface area contributed by atoms with Gasteiger partial charge in [0.05, 0.1) is 24.2 Å². The lowest BCUT2D eigenvalue weighted by atomic mass is 10.1. The van der Waals surface area contributed by atoms with Gasteiger partial charge in [0.15, 0.2) is 0 Å². The molecule has 7 nitrogen and oxygen atoms in total. The van der Waals surface area contributed by atoms with Crippen molar-refractivity contribution in [2.75, 3.05) is 7.11 Å². The van der Waals surface area contributed by atoms with Crippen molar-refractivity contribution in [3.05, 3.63) is 58.1 Å². The average Bonchev–Trinajstić information content (AvgIpc) is 3.20. The van der Waals surface area contributed by atoms with Crippen LogP contribution in [0.2, 0.25) is 0 Å². The highest BCUT2D eigenvalue weighted by molar-refractivity contribution is 5.74. The van der Waals surface area contributed by atoms with E-state index in [0.717, 1.165) is 24.2 Å². The molecule has 0 atom stereocenters. The molecule has 1 fully saturated rings. The molecule has 1 aliphatic carbocycles. The van der Waals surface area contributed by atoms with E-state index < -0.39 is 10.9 Å². The summed E-state index contributed by atoms with van der Waals surface area (Å²) in [4.78, 5) is 22.7. The standard InChI is InChI=1S/C21H23NO6/c1-26-17-10-11-20(19(14-17)22(24)25)28-21(23)12-9-15-5-4-8-18(13-15)27-16-6-2-3-7-16/h4-5,8,10-11,13-14,16H,2-3,6-7,9,12H2,1H3. The Kier molecular flexibility index (Phi) is 6.47. The molecule has 0 aliphatic heterocycles. The van der Waals surface area contributed by atoms with Crippen LogP contribution < -0.4 is 14.2 Å². The maximum absolute atomic E-state index is 12.2. The van der Waals surface area contributed by atoms with E-state index in [-0.39, 0.29) is 24.0 Å². The fraction of sp³-hybridized carbons (Fsp3) is 0.381. The van der Waals surface area contributed by atoms with E-state index in [1.54, 1.807) is 0 Å². The third-order valence-corrected chi connectivity index (χ3v) is 4.71. The summed E-state index contributed by atoms with van der Waals surface area (Å²) >= 11 is 0. The molecule has 2 aromatic carbocycles. The molecule has 0 bridgehead atoms. The van der Waals surface area contributed by atoms with Crippen molar-refractivity contribution in [2.45, 2.75) is 44.6 Å². The Hall–Kier alpha value is -3.09. The fourth-order valence-corrected chi connectivity index (χ4v) is 3.25. The topological polar surface area (TPSA) is 87.9 Å². The highest BCUT2D eigenvalue weighted by Crippen LogP contribution is 2.31. The molecule has 3 rings (SSSR count). The van der Waals surface area contributed by atoms with Gasteiger partial charge in [0.25, 0.3) is 0 Å². The molecule has 0 unspecified atom stereocenters. The summed E-state index contributed by atoms with van der Waals surface area (Å²) in [7, 11) is 1.41. The summed E-state index contributed by atoms with van der Waals surface area (Å²) in [6.07, 6.45) is 5.41. The van der Waals surface area contributed by atoms with Crippen LogP contribution in [0.5, 0.6) is 17.2 Å². The van der Waals surface area contributed by atoms with Crippen LogP contribution in [-0.2, 0) is 11.2 Å². The van der Waals surface area contributed by atoms with Gasteiger partial charge in [0.2, 0.25) is 5.75 Å². The van der Waals surface area contributed by atoms with Crippen molar-refractivity contribution >= 4 is 11.7 Å². The molecule has 0 aromatic heterocycles. The van der Waals surface area contributed by atoms with Gasteiger partial charge in [-0.3, -0.25) is 14.9 Å². The van der Waals surface area contributed by atoms with Crippen LogP contribution in [0.15, 0.2) is 42.5 Å². The molecule has 0 radical (unpaired) electrons. The first-order chi connectivity index (χ1) is 13.5. The Balaban J connectivity index is 1.58. The van der Waals surface area contributed by atoms with Crippen molar-refractivity contribution < 1.29 is 23.9 Å². The third kappa shape index (κ3) is 5.22. The third-order valence-electron chi connectivity index (χ3n) is 4.71. The monoisotopic (exact) mass is 385 g/mol. The molecule has 148 valence electrons. The zero-order valence-electron chi connectivity index (χ0n) is 15.8. The molecular weight excluding hydrogens is 362 g/mol. The lowest BCUT2D eigenvalue weighted by Crippen LogP contribution is -2.12. The molecule has 0 heterocycles. The van der Waals surface area contributed by atoms with Crippen LogP contribution in [0.3, 0.4) is 0 Å². The molecule has 7 heteroatoms. The second kappa shape index (κ2) is 9.21. The SMILES string of the molecule is COc1ccc(OC(=O)CCc2cccc(OC3CCCC3)c2)c([N+](=O)[O-])c1. The fourth-order valence-electron chi connectivity index (χ4n) is 3.25. The van der Waals surface area contributed by atoms with Gasteiger partial charge in [-0.1, -0.05) is 12.1 Å². The highest BCUT2D eigenvalue weighted by atomic mass is 16.6. The minimum absolute atomic E-state index is 0.0888. The molecule has 1 aliphatic rings. The predicted octanol–water partition coefficient (Wildman–Crippen LogP) is 4.46. The lowest BCUT2D eigenvalue weighted by Gasteiger charge is -2.13. The molecule has 28 heavy (non-hydrogen) atoms. The smallest absolute Gasteiger partial charge is 0.315 e. The Morgan fingerprint density at radius 2 is 1.93 bits per heavy atom. The van der Waals surface area contributed by atoms with Gasteiger partial charge in [0, 0.05) is 6.42 Å². The van der Waals surface area contributed by atoms with Crippen LogP contribution in [0.1, 0.15) is 37.7 Å². The number of nitro groups is 1. The first kappa shape index (κ1) is 19.7. The Labute approximate surface area is 163 Å². The number of nitro benzene ring substituents is 1. The summed E-state index contributed by atoms with van der Waals surface area (Å²) in [6, 6.07) is 11.8. The predicted molar refractivity (Wildman–Crippen MR) is 103 cm³/mol. The average molecular weight is 385 g/mol. The van der Waals surface area contributed by atoms with Crippen LogP contribution in [0.25, 0.3) is 0 Å². The van der Waals surface area contributed by atoms with E-state index in [0.29, 0.717) is 12.2 Å². The number of benzene rings is 2. The van der Waals surface area contributed by atoms with E-state index in [1.807, 2.05) is 24.3 Å². The van der Waals surface area contributed by atoms with Gasteiger partial charge < -0.3 is 14.2 Å². The van der Waals surface area contributed by atoms with Gasteiger partial charge in [-0.2, -0.15) is 0 Å². The molecule has 2 aromatic rings. The second-order valence-corrected chi connectivity index (χ2v) is 6.74. The zero-order valence-corrected chi connectivity index (χ0v) is 15.8. The second-order valence-electron chi connectivity index (χ2n) is 6.74. The first-order valence-electron chi connectivity index (χ1n) is 9.34. The Bertz CT molecular complexity index is 845. The number of nitrogens with zero attached hydrogens (tertiary/aromatic N) is 1. The van der Waals surface area contributed by atoms with Gasteiger partial charge in [-0.15, -0.1) is 0 Å². The van der Waals surface area contributed by atoms with Crippen LogP contribution in [-0.4, -0.2) is 24.1 Å². The van der Waals surface area contributed by atoms with E-state index in [9.17, 15) is 14.9 Å². The minimum atomic E-state index is -0.602. The molecule has 1 saturated carbocycles. The van der Waals surface area contributed by atoms with Crippen molar-refractivity contribution in [1.29, 1.82) is 0 Å². The maximum Gasteiger partial charge on any atom is 0.315 e. The zero-order chi connectivity index (χ0) is 19.9. The van der Waals surface area contributed by atoms with Crippen molar-refractivity contribution in [3.63, 3.8) is 0 Å². The normalized spacial score (nSPS) is 13.9. The van der Waals surface area contributed by atoms with Gasteiger partial charge >= 0.3 is 11.7 Å². The van der Waals surface area contributed by atoms with Crippen LogP contribution in [0, 0.1) is 10.1 Å². The van der Waals surface area contributed by atoms with Gasteiger partial charge in [-0.25, -0.2) is 0 Å². The molecule has 0 saturated heterocycles. The summed E-state index contributed by atoms with van der Waals surface area (Å²) < 4.78 is 16.1. The number of ether oxygens (including phenoxy) is 3. The Morgan fingerprint density at radius 1 is 1.14 bits per heavy atom. The summed E-state index contributed by atoms with van der Waals surface area (Å²) in [5.41, 5.74) is 0.649. The van der Waals surface area contributed by atoms with E-state index in [4.69, 9.17) is 14.2 Å². The number of carbonyl (C=O) groups is 1. The van der Waals surface area contributed by atoms with E-state index in [2.05, 4.69) is 0 Å². The largest absolute Gasteiger partial charge is 0.496 e. The molecule has 0 amide bonds. The number of hydrogen-bond donors (Lipinski definition) is 0. The van der Waals surface area contributed by atoms with Gasteiger partial charge in [0.1, 0.15) is 11.5 Å². The molecular formula is C21H23NO6. The summed E-state index contributed by atoms with van der Waals surface area (Å²) in [5.74, 6) is 0.513. The summed E-state index contributed by atoms with van der Waals surface area (Å²) in [6.45, 7) is 0. The number of esters is 1. The minimum Gasteiger partial charge on any atom is -0.496 e. The number of methoxy groups -OCH3 is 1. The maximum atomic E-state index is 12.2. The molecule has 0 N–H and O–H groups in total. The number of rotatable bonds is 8. The van der Waals surface area contributed by atoms with Crippen molar-refractivity contribution in [1.82, 2.24) is 0 Å². The molecule has 0 spiro atoms. The van der Waals surface area contributed by atoms with Crippen LogP contribution in [0.4, 0.5) is 5.69 Å². The van der Waals surface area contributed by atoms with E-state index in [1.165, 1.54) is 38.2 Å². The highest BCUT2D eigenvalue weighted by Gasteiger charge is 2.20. The number of aryl methyl sites for hydroxylation is 1. The quantitative estimate of drug-likeness (QED) is 0.288. The van der Waals surface area contributed by atoms with Crippen molar-refractivity contribution in [3.8, 4) is 17.2 Å². The lowest BCUT2D eigenvalue weighted by molar-refractivity contribution is -0.385.